The van der Waals surface area contributed by atoms with Crippen LogP contribution in [0.4, 0.5) is 0 Å². The summed E-state index contributed by atoms with van der Waals surface area (Å²) in [4.78, 5) is 251. The van der Waals surface area contributed by atoms with Crippen molar-refractivity contribution in [3.05, 3.63) is 0 Å². The van der Waals surface area contributed by atoms with E-state index in [0.717, 1.165) is 0 Å². The van der Waals surface area contributed by atoms with Crippen LogP contribution in [0.25, 0.3) is 0 Å². The van der Waals surface area contributed by atoms with Crippen LogP contribution in [0.15, 0.2) is 4.99 Å². The molecule has 46 nitrogen and oxygen atoms in total. The summed E-state index contributed by atoms with van der Waals surface area (Å²) in [6.07, 6.45) is 4.22. The maximum absolute atomic E-state index is 14.6. The second-order valence-corrected chi connectivity index (χ2v) is 34.6. The maximum Gasteiger partial charge on any atom is 0.326 e. The molecule has 0 rings (SSSR count). The molecule has 0 fully saturated rings. The van der Waals surface area contributed by atoms with Gasteiger partial charge < -0.3 is 147 Å². The van der Waals surface area contributed by atoms with Crippen LogP contribution in [0.1, 0.15) is 244 Å². The molecular weight excluding hydrogens is 1690 g/mol. The highest BCUT2D eigenvalue weighted by Crippen LogP contribution is 2.16. The Bertz CT molecular complexity index is 3590. The van der Waals surface area contributed by atoms with Crippen molar-refractivity contribution < 1.29 is 96.5 Å². The largest absolute Gasteiger partial charge is 0.481 e. The first kappa shape index (κ1) is 119. The Labute approximate surface area is 763 Å². The average molecular weight is 1850 g/mol. The van der Waals surface area contributed by atoms with Crippen molar-refractivity contribution in [2.45, 2.75) is 340 Å². The number of aliphatic carboxylic acids is 2. The van der Waals surface area contributed by atoms with Crippen LogP contribution >= 0.6 is 0 Å². The Morgan fingerprint density at radius 3 is 0.738 bits per heavy atom. The lowest BCUT2D eigenvalue weighted by molar-refractivity contribution is -0.142. The van der Waals surface area contributed by atoms with Gasteiger partial charge in [0.1, 0.15) is 90.6 Å². The van der Waals surface area contributed by atoms with E-state index in [1.165, 1.54) is 27.7 Å². The summed E-state index contributed by atoms with van der Waals surface area (Å²) >= 11 is 0. The minimum Gasteiger partial charge on any atom is -0.481 e. The topological polar surface area (TPSA) is 787 Å². The molecule has 744 valence electrons. The number of carboxylic acids is 2. The van der Waals surface area contributed by atoms with Gasteiger partial charge in [0.15, 0.2) is 5.96 Å². The van der Waals surface area contributed by atoms with Gasteiger partial charge in [-0.2, -0.15) is 0 Å². The standard InChI is InChI=1S/C84H158N26O20/c1-46(2)40-61(106-68(114)50(9)96-72(118)54(91)26-13-19-33-85)79(125)102-56(28-15-21-35-87)75(121)98-52(11)70(116)108-63(42-48(5)6)81(127)104-58(30-17-23-37-89)77(123)101-55(27-14-20-34-86)74(120)97-51(10)69(115)107-62(41-47(3)4)80(126)103-57(29-16-22-36-88)76(122)99-53(12)71(117)109-64(43-49(7)8)82(128)105-59(31-18-24-38-90)78(124)110-65(44-67(112)113)73(119)95-45-66(111)100-60(83(129)130)32-25-39-94-84(92)93/h46-65H,13-45,85-91H2,1-12H3,(H,95,119)(H,96,118)(H,97,120)(H,98,121)(H,99,122)(H,100,111)(H,101,123)(H,102,125)(H,103,126)(H,104,127)(H,105,128)(H,106,114)(H,107,115)(H,108,116)(H,109,117)(H,110,124)(H,112,113)(H,129,130)(H4,92,93,94)/t50-,51-,52-,53-,54-,55-,56-,57-,58-,59-,60-,61-,62-,63-,64-,65-/m0/s1. The molecule has 0 spiro atoms. The molecule has 0 heterocycles. The lowest BCUT2D eigenvalue weighted by Gasteiger charge is -2.28. The number of hydrogen-bond donors (Lipinski definition) is 27. The van der Waals surface area contributed by atoms with Crippen molar-refractivity contribution >= 4 is 112 Å². The lowest BCUT2D eigenvalue weighted by Crippen LogP contribution is -2.60. The van der Waals surface area contributed by atoms with E-state index >= 15 is 0 Å². The van der Waals surface area contributed by atoms with E-state index in [1.807, 2.05) is 13.8 Å². The maximum atomic E-state index is 14.6. The SMILES string of the molecule is CC(C)C[C@H](NC(=O)[C@H](C)NC(=O)[C@H](CCCCN)NC(=O)[C@H](CCCCN)NC(=O)[C@H](CC(C)C)NC(=O)[C@H](C)NC(=O)[C@H](CCCCN)NC(=O)[C@H](CC(C)C)NC(=O)[C@H](C)NC(=O)[C@@H](N)CCCCN)C(=O)N[C@@H](CCCCN)C(=O)N[C@@H](C)C(=O)N[C@@H](CC(C)C)C(=O)N[C@@H](CCCCN)C(=O)N[C@@H](CC(=O)O)C(=O)NCC(=O)N[C@@H](CCCN=C(N)N)C(=O)O. The monoisotopic (exact) mass is 1850 g/mol. The predicted octanol–water partition coefficient (Wildman–Crippen LogP) is -5.65. The van der Waals surface area contributed by atoms with Crippen molar-refractivity contribution in [1.29, 1.82) is 0 Å². The van der Waals surface area contributed by atoms with E-state index in [0.29, 0.717) is 77.2 Å². The zero-order valence-corrected chi connectivity index (χ0v) is 78.3. The first-order valence-electron chi connectivity index (χ1n) is 45.5. The second-order valence-electron chi connectivity index (χ2n) is 34.6. The first-order chi connectivity index (χ1) is 61.2. The number of carboxylic acid groups (broad SMARTS) is 2. The van der Waals surface area contributed by atoms with Gasteiger partial charge in [-0.1, -0.05) is 61.8 Å². The van der Waals surface area contributed by atoms with Gasteiger partial charge in [0.2, 0.25) is 94.5 Å². The van der Waals surface area contributed by atoms with Crippen molar-refractivity contribution in [3.8, 4) is 0 Å². The fourth-order valence-corrected chi connectivity index (χ4v) is 13.3. The number of aliphatic imine (C=N–C) groups is 1. The molecule has 0 bridgehead atoms. The smallest absolute Gasteiger partial charge is 0.326 e. The highest BCUT2D eigenvalue weighted by molar-refractivity contribution is 6.01. The summed E-state index contributed by atoms with van der Waals surface area (Å²) in [5.41, 5.74) is 51.3. The zero-order valence-electron chi connectivity index (χ0n) is 78.3. The van der Waals surface area contributed by atoms with E-state index in [-0.39, 0.29) is 152 Å². The second kappa shape index (κ2) is 66.8. The Morgan fingerprint density at radius 1 is 0.262 bits per heavy atom. The normalized spacial score (nSPS) is 15.0. The Balaban J connectivity index is 6.83. The fraction of sp³-hybridized carbons (Fsp3) is 0.774. The van der Waals surface area contributed by atoms with Crippen LogP contribution in [-0.4, -0.2) is 272 Å². The van der Waals surface area contributed by atoms with Gasteiger partial charge in [-0.3, -0.25) is 86.5 Å². The van der Waals surface area contributed by atoms with Crippen LogP contribution < -0.4 is 137 Å². The number of carbonyl (C=O) groups excluding carboxylic acids is 16. The molecule has 36 N–H and O–H groups in total. The number of rotatable bonds is 71. The molecular formula is C84H158N26O20. The summed E-state index contributed by atoms with van der Waals surface area (Å²) in [6, 6.07) is -21.3. The number of amides is 16. The van der Waals surface area contributed by atoms with Gasteiger partial charge in [0.25, 0.3) is 0 Å². The lowest BCUT2D eigenvalue weighted by atomic mass is 10.0. The number of guanidine groups is 1. The molecule has 16 atom stereocenters. The molecule has 0 unspecified atom stereocenters. The van der Waals surface area contributed by atoms with Crippen LogP contribution in [0.5, 0.6) is 0 Å². The minimum absolute atomic E-state index is 0.00194. The summed E-state index contributed by atoms with van der Waals surface area (Å²) in [6.45, 7) is 20.3. The van der Waals surface area contributed by atoms with Crippen LogP contribution in [-0.2, 0) is 86.3 Å². The van der Waals surface area contributed by atoms with E-state index in [4.69, 9.17) is 51.6 Å². The number of carbonyl (C=O) groups is 18. The van der Waals surface area contributed by atoms with Gasteiger partial charge in [-0.05, 0) is 238 Å². The van der Waals surface area contributed by atoms with E-state index in [1.54, 1.807) is 41.5 Å². The third-order valence-electron chi connectivity index (χ3n) is 20.6. The van der Waals surface area contributed by atoms with E-state index < -0.39 is 216 Å². The van der Waals surface area contributed by atoms with E-state index in [2.05, 4.69) is 90.1 Å². The highest BCUT2D eigenvalue weighted by atomic mass is 16.4. The number of nitrogens with two attached hydrogens (primary N) is 9. The fourth-order valence-electron chi connectivity index (χ4n) is 13.3. The molecule has 16 amide bonds. The Kier molecular flexibility index (Phi) is 61.3. The third-order valence-corrected chi connectivity index (χ3v) is 20.6. The first-order valence-corrected chi connectivity index (χ1v) is 45.5. The Morgan fingerprint density at radius 2 is 0.492 bits per heavy atom. The number of nitrogens with one attached hydrogen (secondary N) is 16. The Hall–Kier alpha value is -10.5. The molecule has 130 heavy (non-hydrogen) atoms. The quantitative estimate of drug-likeness (QED) is 0.0153. The molecule has 0 saturated carbocycles. The summed E-state index contributed by atoms with van der Waals surface area (Å²) < 4.78 is 0. The average Bonchev–Trinajstić information content (AvgIpc) is 0.860. The van der Waals surface area contributed by atoms with Gasteiger partial charge in [0.05, 0.1) is 19.0 Å². The van der Waals surface area contributed by atoms with Crippen molar-refractivity contribution in [3.63, 3.8) is 0 Å². The number of unbranched alkanes of at least 4 members (excludes halogenated alkanes) is 6. The summed E-state index contributed by atoms with van der Waals surface area (Å²) in [7, 11) is 0. The molecule has 0 aromatic rings. The molecule has 0 aliphatic carbocycles. The molecule has 0 radical (unpaired) electrons. The third kappa shape index (κ3) is 51.7. The molecule has 46 heteroatoms. The van der Waals surface area contributed by atoms with Crippen LogP contribution in [0.2, 0.25) is 0 Å². The van der Waals surface area contributed by atoms with Crippen LogP contribution in [0.3, 0.4) is 0 Å². The predicted molar refractivity (Wildman–Crippen MR) is 488 cm³/mol. The summed E-state index contributed by atoms with van der Waals surface area (Å²) in [5.74, 6) is -17.6. The number of nitrogens with zero attached hydrogens (tertiary/aromatic N) is 1. The number of hydrogen-bond acceptors (Lipinski definition) is 26. The van der Waals surface area contributed by atoms with Gasteiger partial charge in [-0.25, -0.2) is 4.79 Å². The minimum atomic E-state index is -1.83. The van der Waals surface area contributed by atoms with Gasteiger partial charge in [0, 0.05) is 6.54 Å². The van der Waals surface area contributed by atoms with Crippen molar-refractivity contribution in [2.75, 3.05) is 52.4 Å². The van der Waals surface area contributed by atoms with Crippen molar-refractivity contribution in [2.24, 2.45) is 80.3 Å². The summed E-state index contributed by atoms with van der Waals surface area (Å²) in [5, 5.41) is 60.6. The van der Waals surface area contributed by atoms with Crippen LogP contribution in [0, 0.1) is 23.7 Å². The van der Waals surface area contributed by atoms with Crippen molar-refractivity contribution in [1.82, 2.24) is 85.1 Å². The molecule has 0 aliphatic rings. The highest BCUT2D eigenvalue weighted by Gasteiger charge is 2.38. The van der Waals surface area contributed by atoms with E-state index in [9.17, 15) is 96.5 Å². The zero-order chi connectivity index (χ0) is 98.9. The molecule has 0 aliphatic heterocycles. The molecule has 0 aromatic carbocycles. The molecule has 0 aromatic heterocycles. The van der Waals surface area contributed by atoms with Gasteiger partial charge >= 0.3 is 11.9 Å². The molecule has 0 saturated heterocycles. The van der Waals surface area contributed by atoms with Gasteiger partial charge in [-0.15, -0.1) is 0 Å².